The topological polar surface area (TPSA) is 63.6 Å². The van der Waals surface area contributed by atoms with Crippen LogP contribution in [0.5, 0.6) is 0 Å². The maximum absolute atomic E-state index is 12.5. The van der Waals surface area contributed by atoms with E-state index in [1.165, 1.54) is 10.7 Å². The third kappa shape index (κ3) is 2.87. The largest absolute Gasteiger partial charge is 0.332 e. The molecule has 0 aliphatic rings. The van der Waals surface area contributed by atoms with Gasteiger partial charge in [-0.3, -0.25) is 4.79 Å². The van der Waals surface area contributed by atoms with Gasteiger partial charge >= 0.3 is 0 Å². The molecule has 2 N–H and O–H groups in total. The molecule has 102 valence electrons. The highest BCUT2D eigenvalue weighted by molar-refractivity contribution is 6.00. The highest BCUT2D eigenvalue weighted by Gasteiger charge is 2.21. The molecule has 5 nitrogen and oxygen atoms in total. The Kier molecular flexibility index (Phi) is 4.06. The van der Waals surface area contributed by atoms with Crippen molar-refractivity contribution in [1.29, 1.82) is 0 Å². The van der Waals surface area contributed by atoms with Gasteiger partial charge in [0, 0.05) is 19.3 Å². The molecule has 7 heteroatoms. The minimum atomic E-state index is -2.59. The first-order valence-electron chi connectivity index (χ1n) is 5.83. The number of hydrogen-bond acceptors (Lipinski definition) is 3. The van der Waals surface area contributed by atoms with Crippen LogP contribution in [0.1, 0.15) is 10.4 Å². The van der Waals surface area contributed by atoms with Gasteiger partial charge in [-0.05, 0) is 12.1 Å². The maximum Gasteiger partial charge on any atom is 0.257 e. The number of nitrogens with two attached hydrogens (primary N) is 1. The van der Waals surface area contributed by atoms with Crippen molar-refractivity contribution in [1.82, 2.24) is 14.5 Å². The number of carbonyl (C=O) groups excluding carboxylic acids is 1. The molecule has 0 saturated heterocycles. The van der Waals surface area contributed by atoms with Gasteiger partial charge in [0.2, 0.25) is 0 Å². The Morgan fingerprint density at radius 1 is 1.47 bits per heavy atom. The van der Waals surface area contributed by atoms with Crippen molar-refractivity contribution >= 4 is 11.4 Å². The second-order valence-corrected chi connectivity index (χ2v) is 4.02. The maximum atomic E-state index is 12.5. The monoisotopic (exact) mass is 268 g/mol. The molecular formula is C12H14F2N4O. The summed E-state index contributed by atoms with van der Waals surface area (Å²) in [5, 5.41) is 4.01. The van der Waals surface area contributed by atoms with Crippen LogP contribution in [-0.4, -0.2) is 46.5 Å². The Morgan fingerprint density at radius 3 is 2.95 bits per heavy atom. The van der Waals surface area contributed by atoms with Crippen LogP contribution >= 0.6 is 0 Å². The number of nitrogens with zero attached hydrogens (tertiary/aromatic N) is 3. The van der Waals surface area contributed by atoms with Crippen molar-refractivity contribution in [2.24, 2.45) is 5.73 Å². The molecule has 0 aliphatic heterocycles. The van der Waals surface area contributed by atoms with Gasteiger partial charge in [0.15, 0.2) is 0 Å². The normalized spacial score (nSPS) is 11.2. The molecule has 0 spiro atoms. The molecule has 0 atom stereocenters. The quantitative estimate of drug-likeness (QED) is 0.880. The van der Waals surface area contributed by atoms with E-state index >= 15 is 0 Å². The van der Waals surface area contributed by atoms with Crippen molar-refractivity contribution in [3.63, 3.8) is 0 Å². The van der Waals surface area contributed by atoms with Crippen LogP contribution in [0.4, 0.5) is 8.78 Å². The summed E-state index contributed by atoms with van der Waals surface area (Å²) in [6, 6.07) is 5.24. The van der Waals surface area contributed by atoms with Crippen molar-refractivity contribution in [2.75, 3.05) is 19.6 Å². The van der Waals surface area contributed by atoms with E-state index in [9.17, 15) is 13.6 Å². The summed E-state index contributed by atoms with van der Waals surface area (Å²) in [5.41, 5.74) is 6.24. The fraction of sp³-hybridized carbons (Fsp3) is 0.333. The van der Waals surface area contributed by atoms with E-state index in [2.05, 4.69) is 5.10 Å². The molecule has 2 rings (SSSR count). The average molecular weight is 268 g/mol. The van der Waals surface area contributed by atoms with Crippen LogP contribution in [0.2, 0.25) is 0 Å². The average Bonchev–Trinajstić information content (AvgIpc) is 2.80. The van der Waals surface area contributed by atoms with Crippen LogP contribution in [0, 0.1) is 0 Å². The Labute approximate surface area is 108 Å². The third-order valence-corrected chi connectivity index (χ3v) is 2.70. The summed E-state index contributed by atoms with van der Waals surface area (Å²) in [5.74, 6) is -0.480. The highest BCUT2D eigenvalue weighted by Crippen LogP contribution is 2.13. The minimum absolute atomic E-state index is 0.0906. The van der Waals surface area contributed by atoms with Gasteiger partial charge < -0.3 is 10.6 Å². The predicted molar refractivity (Wildman–Crippen MR) is 66.2 cm³/mol. The number of amides is 1. The zero-order valence-electron chi connectivity index (χ0n) is 10.2. The standard InChI is InChI=1S/C12H14F2N4O/c13-11(14)8-17(6-4-15)12(19)9-7-16-18-5-2-1-3-10(9)18/h1-3,5,7,11H,4,6,8,15H2. The Morgan fingerprint density at radius 2 is 2.26 bits per heavy atom. The van der Waals surface area contributed by atoms with Crippen molar-refractivity contribution < 1.29 is 13.6 Å². The third-order valence-electron chi connectivity index (χ3n) is 2.70. The molecular weight excluding hydrogens is 254 g/mol. The summed E-state index contributed by atoms with van der Waals surface area (Å²) in [4.78, 5) is 13.3. The Hall–Kier alpha value is -2.02. The molecule has 0 unspecified atom stereocenters. The summed E-state index contributed by atoms with van der Waals surface area (Å²) in [6.45, 7) is -0.398. The lowest BCUT2D eigenvalue weighted by Gasteiger charge is -2.20. The smallest absolute Gasteiger partial charge is 0.257 e. The summed E-state index contributed by atoms with van der Waals surface area (Å²) in [7, 11) is 0. The van der Waals surface area contributed by atoms with Gasteiger partial charge in [0.25, 0.3) is 12.3 Å². The molecule has 0 bridgehead atoms. The molecule has 19 heavy (non-hydrogen) atoms. The van der Waals surface area contributed by atoms with E-state index in [1.807, 2.05) is 0 Å². The van der Waals surface area contributed by atoms with E-state index in [1.54, 1.807) is 24.4 Å². The molecule has 0 saturated carbocycles. The molecule has 2 aromatic heterocycles. The highest BCUT2D eigenvalue weighted by atomic mass is 19.3. The lowest BCUT2D eigenvalue weighted by atomic mass is 10.2. The second kappa shape index (κ2) is 5.75. The first-order chi connectivity index (χ1) is 9.13. The SMILES string of the molecule is NCCN(CC(F)F)C(=O)c1cnn2ccccc12. The van der Waals surface area contributed by atoms with Crippen molar-refractivity contribution in [3.05, 3.63) is 36.2 Å². The fourth-order valence-electron chi connectivity index (χ4n) is 1.87. The molecule has 1 amide bonds. The number of hydrogen-bond donors (Lipinski definition) is 1. The van der Waals surface area contributed by atoms with Gasteiger partial charge in [0.1, 0.15) is 0 Å². The van der Waals surface area contributed by atoms with Crippen molar-refractivity contribution in [2.45, 2.75) is 6.43 Å². The number of pyridine rings is 1. The minimum Gasteiger partial charge on any atom is -0.332 e. The lowest BCUT2D eigenvalue weighted by molar-refractivity contribution is 0.0564. The molecule has 2 aromatic rings. The first-order valence-corrected chi connectivity index (χ1v) is 5.83. The predicted octanol–water partition coefficient (Wildman–Crippen LogP) is 1.00. The number of fused-ring (bicyclic) bond motifs is 1. The summed E-state index contributed by atoms with van der Waals surface area (Å²) >= 11 is 0. The molecule has 0 aromatic carbocycles. The van der Waals surface area contributed by atoms with Gasteiger partial charge in [-0.1, -0.05) is 6.07 Å². The number of aromatic nitrogens is 2. The zero-order chi connectivity index (χ0) is 13.8. The Bertz CT molecular complexity index is 570. The molecule has 0 aliphatic carbocycles. The fourth-order valence-corrected chi connectivity index (χ4v) is 1.87. The van der Waals surface area contributed by atoms with E-state index in [0.29, 0.717) is 11.1 Å². The van der Waals surface area contributed by atoms with Gasteiger partial charge in [-0.25, -0.2) is 13.3 Å². The van der Waals surface area contributed by atoms with Crippen LogP contribution in [0.15, 0.2) is 30.6 Å². The van der Waals surface area contributed by atoms with Crippen LogP contribution in [0.3, 0.4) is 0 Å². The van der Waals surface area contributed by atoms with Gasteiger partial charge in [-0.2, -0.15) is 5.10 Å². The molecule has 2 heterocycles. The number of rotatable bonds is 5. The number of halogens is 2. The van der Waals surface area contributed by atoms with Crippen LogP contribution < -0.4 is 5.73 Å². The molecule has 0 radical (unpaired) electrons. The number of alkyl halides is 2. The summed E-state index contributed by atoms with van der Waals surface area (Å²) in [6.07, 6.45) is 0.483. The van der Waals surface area contributed by atoms with Crippen molar-refractivity contribution in [3.8, 4) is 0 Å². The lowest BCUT2D eigenvalue weighted by Crippen LogP contribution is -2.38. The van der Waals surface area contributed by atoms with Crippen LogP contribution in [0.25, 0.3) is 5.52 Å². The zero-order valence-corrected chi connectivity index (χ0v) is 10.2. The van der Waals surface area contributed by atoms with E-state index in [0.717, 1.165) is 4.90 Å². The van der Waals surface area contributed by atoms with Gasteiger partial charge in [-0.15, -0.1) is 0 Å². The van der Waals surface area contributed by atoms with Gasteiger partial charge in [0.05, 0.1) is 23.8 Å². The van der Waals surface area contributed by atoms with E-state index < -0.39 is 18.9 Å². The first kappa shape index (κ1) is 13.4. The van der Waals surface area contributed by atoms with E-state index in [-0.39, 0.29) is 13.1 Å². The van der Waals surface area contributed by atoms with Crippen LogP contribution in [-0.2, 0) is 0 Å². The Balaban J connectivity index is 2.30. The summed E-state index contributed by atoms with van der Waals surface area (Å²) < 4.78 is 26.5. The molecule has 0 fully saturated rings. The number of carbonyl (C=O) groups is 1. The van der Waals surface area contributed by atoms with E-state index in [4.69, 9.17) is 5.73 Å². The second-order valence-electron chi connectivity index (χ2n) is 4.02.